The van der Waals surface area contributed by atoms with Crippen LogP contribution in [-0.4, -0.2) is 34.8 Å². The van der Waals surface area contributed by atoms with Crippen molar-refractivity contribution in [2.45, 2.75) is 13.3 Å². The first-order chi connectivity index (χ1) is 16.3. The molecule has 174 valence electrons. The van der Waals surface area contributed by atoms with Gasteiger partial charge in [-0.3, -0.25) is 29.8 Å². The van der Waals surface area contributed by atoms with Crippen LogP contribution in [0.1, 0.15) is 32.7 Å². The molecule has 3 aromatic carbocycles. The van der Waals surface area contributed by atoms with Gasteiger partial charge in [0.15, 0.2) is 0 Å². The first-order valence-electron chi connectivity index (χ1n) is 10.4. The molecule has 10 heteroatoms. The van der Waals surface area contributed by atoms with Crippen molar-refractivity contribution in [2.24, 2.45) is 0 Å². The van der Waals surface area contributed by atoms with E-state index in [0.29, 0.717) is 17.7 Å². The van der Waals surface area contributed by atoms with Crippen molar-refractivity contribution in [1.82, 2.24) is 5.32 Å². The molecule has 0 aliphatic rings. The number of para-hydroxylation sites is 1. The predicted molar refractivity (Wildman–Crippen MR) is 126 cm³/mol. The number of carbonyl (C=O) groups excluding carboxylic acids is 2. The van der Waals surface area contributed by atoms with Crippen LogP contribution in [0.3, 0.4) is 0 Å². The Morgan fingerprint density at radius 1 is 0.853 bits per heavy atom. The van der Waals surface area contributed by atoms with Gasteiger partial charge >= 0.3 is 0 Å². The zero-order valence-corrected chi connectivity index (χ0v) is 18.3. The standard InChI is InChI=1S/C24H22N4O6/c1-17-8-10-18(11-9-17)23(29)25-12-5-13-26(20-6-3-2-4-7-20)24(30)19-14-21(27(31)32)16-22(15-19)28(33)34/h2-4,6-11,14-16H,5,12-13H2,1H3,(H,25,29). The lowest BCUT2D eigenvalue weighted by Gasteiger charge is -2.23. The highest BCUT2D eigenvalue weighted by Crippen LogP contribution is 2.25. The van der Waals surface area contributed by atoms with Crippen molar-refractivity contribution in [1.29, 1.82) is 0 Å². The lowest BCUT2D eigenvalue weighted by Crippen LogP contribution is -2.34. The monoisotopic (exact) mass is 462 g/mol. The topological polar surface area (TPSA) is 136 Å². The summed E-state index contributed by atoms with van der Waals surface area (Å²) < 4.78 is 0. The molecule has 0 spiro atoms. The molecule has 0 radical (unpaired) electrons. The molecule has 0 aromatic heterocycles. The van der Waals surface area contributed by atoms with Crippen LogP contribution in [0.4, 0.5) is 17.1 Å². The third-order valence-corrected chi connectivity index (χ3v) is 5.04. The van der Waals surface area contributed by atoms with Crippen LogP contribution in [0.2, 0.25) is 0 Å². The number of benzene rings is 3. The van der Waals surface area contributed by atoms with E-state index in [1.807, 2.05) is 19.1 Å². The fraction of sp³-hybridized carbons (Fsp3) is 0.167. The van der Waals surface area contributed by atoms with Crippen LogP contribution in [0, 0.1) is 27.2 Å². The number of aryl methyl sites for hydroxylation is 1. The van der Waals surface area contributed by atoms with Gasteiger partial charge in [-0.2, -0.15) is 0 Å². The zero-order chi connectivity index (χ0) is 24.7. The summed E-state index contributed by atoms with van der Waals surface area (Å²) in [4.78, 5) is 47.8. The molecule has 0 fully saturated rings. The molecule has 0 unspecified atom stereocenters. The van der Waals surface area contributed by atoms with E-state index < -0.39 is 27.1 Å². The van der Waals surface area contributed by atoms with Gasteiger partial charge in [0, 0.05) is 36.5 Å². The number of hydrogen-bond donors (Lipinski definition) is 1. The zero-order valence-electron chi connectivity index (χ0n) is 18.3. The molecule has 3 rings (SSSR count). The molecule has 10 nitrogen and oxygen atoms in total. The number of nitro benzene ring substituents is 2. The third kappa shape index (κ3) is 6.00. The normalized spacial score (nSPS) is 10.4. The van der Waals surface area contributed by atoms with Crippen LogP contribution in [0.5, 0.6) is 0 Å². The number of nitro groups is 2. The van der Waals surface area contributed by atoms with Crippen molar-refractivity contribution in [3.63, 3.8) is 0 Å². The first-order valence-corrected chi connectivity index (χ1v) is 10.4. The molecule has 34 heavy (non-hydrogen) atoms. The van der Waals surface area contributed by atoms with Gasteiger partial charge in [0.25, 0.3) is 23.2 Å². The maximum atomic E-state index is 13.3. The summed E-state index contributed by atoms with van der Waals surface area (Å²) >= 11 is 0. The van der Waals surface area contributed by atoms with Crippen LogP contribution in [-0.2, 0) is 0 Å². The third-order valence-electron chi connectivity index (χ3n) is 5.04. The van der Waals surface area contributed by atoms with E-state index >= 15 is 0 Å². The number of non-ortho nitro benzene ring substituents is 2. The smallest absolute Gasteiger partial charge is 0.277 e. The first kappa shape index (κ1) is 24.1. The summed E-state index contributed by atoms with van der Waals surface area (Å²) in [5.74, 6) is -0.866. The van der Waals surface area contributed by atoms with Crippen LogP contribution < -0.4 is 10.2 Å². The Hall–Kier alpha value is -4.60. The van der Waals surface area contributed by atoms with Gasteiger partial charge in [0.05, 0.1) is 21.5 Å². The minimum absolute atomic E-state index is 0.173. The van der Waals surface area contributed by atoms with Crippen molar-refractivity contribution < 1.29 is 19.4 Å². The molecule has 1 N–H and O–H groups in total. The number of hydrogen-bond acceptors (Lipinski definition) is 6. The maximum absolute atomic E-state index is 13.3. The number of carbonyl (C=O) groups is 2. The Labute approximate surface area is 195 Å². The summed E-state index contributed by atoms with van der Waals surface area (Å²) in [5, 5.41) is 25.2. The van der Waals surface area contributed by atoms with Gasteiger partial charge in [-0.05, 0) is 37.6 Å². The van der Waals surface area contributed by atoms with Crippen LogP contribution in [0.15, 0.2) is 72.8 Å². The number of rotatable bonds is 9. The SMILES string of the molecule is Cc1ccc(C(=O)NCCCN(C(=O)c2cc([N+](=O)[O-])cc([N+](=O)[O-])c2)c2ccccc2)cc1. The molecule has 0 aliphatic carbocycles. The molecule has 0 saturated heterocycles. The van der Waals surface area contributed by atoms with Crippen LogP contribution in [0.25, 0.3) is 0 Å². The Balaban J connectivity index is 1.77. The molecular weight excluding hydrogens is 440 g/mol. The Morgan fingerprint density at radius 3 is 2.00 bits per heavy atom. The highest BCUT2D eigenvalue weighted by Gasteiger charge is 2.24. The average molecular weight is 462 g/mol. The predicted octanol–water partition coefficient (Wildman–Crippen LogP) is 4.28. The van der Waals surface area contributed by atoms with Crippen LogP contribution >= 0.6 is 0 Å². The van der Waals surface area contributed by atoms with E-state index in [-0.39, 0.29) is 24.6 Å². The molecule has 3 aromatic rings. The van der Waals surface area contributed by atoms with E-state index in [2.05, 4.69) is 5.32 Å². The lowest BCUT2D eigenvalue weighted by molar-refractivity contribution is -0.394. The van der Waals surface area contributed by atoms with E-state index in [9.17, 15) is 29.8 Å². The summed E-state index contributed by atoms with van der Waals surface area (Å²) in [6, 6.07) is 18.6. The minimum atomic E-state index is -0.781. The van der Waals surface area contributed by atoms with E-state index in [0.717, 1.165) is 23.8 Å². The molecule has 0 heterocycles. The van der Waals surface area contributed by atoms with Gasteiger partial charge < -0.3 is 10.2 Å². The number of amides is 2. The van der Waals surface area contributed by atoms with Gasteiger partial charge in [-0.1, -0.05) is 35.9 Å². The number of anilines is 1. The van der Waals surface area contributed by atoms with Gasteiger partial charge in [-0.25, -0.2) is 0 Å². The van der Waals surface area contributed by atoms with Crippen molar-refractivity contribution >= 4 is 28.9 Å². The average Bonchev–Trinajstić information content (AvgIpc) is 2.84. The fourth-order valence-electron chi connectivity index (χ4n) is 3.29. The van der Waals surface area contributed by atoms with E-state index in [4.69, 9.17) is 0 Å². The molecule has 2 amide bonds. The highest BCUT2D eigenvalue weighted by molar-refractivity contribution is 6.06. The second-order valence-corrected chi connectivity index (χ2v) is 7.52. The quantitative estimate of drug-likeness (QED) is 0.286. The molecule has 0 atom stereocenters. The fourth-order valence-corrected chi connectivity index (χ4v) is 3.29. The summed E-state index contributed by atoms with van der Waals surface area (Å²) in [6.07, 6.45) is 0.384. The molecule has 0 aliphatic heterocycles. The summed E-state index contributed by atoms with van der Waals surface area (Å²) in [5.41, 5.74) is 0.812. The Bertz CT molecular complexity index is 1180. The molecular formula is C24H22N4O6. The van der Waals surface area contributed by atoms with Gasteiger partial charge in [0.1, 0.15) is 0 Å². The Morgan fingerprint density at radius 2 is 1.44 bits per heavy atom. The Kier molecular flexibility index (Phi) is 7.65. The molecule has 0 bridgehead atoms. The molecule has 0 saturated carbocycles. The highest BCUT2D eigenvalue weighted by atomic mass is 16.6. The maximum Gasteiger partial charge on any atom is 0.277 e. The second-order valence-electron chi connectivity index (χ2n) is 7.52. The minimum Gasteiger partial charge on any atom is -0.352 e. The largest absolute Gasteiger partial charge is 0.352 e. The summed E-state index contributed by atoms with van der Waals surface area (Å²) in [6.45, 7) is 2.37. The second kappa shape index (κ2) is 10.8. The van der Waals surface area contributed by atoms with Crippen molar-refractivity contribution in [2.75, 3.05) is 18.0 Å². The van der Waals surface area contributed by atoms with Gasteiger partial charge in [-0.15, -0.1) is 0 Å². The lowest BCUT2D eigenvalue weighted by atomic mass is 10.1. The van der Waals surface area contributed by atoms with Gasteiger partial charge in [0.2, 0.25) is 0 Å². The number of nitrogens with one attached hydrogen (secondary N) is 1. The van der Waals surface area contributed by atoms with E-state index in [1.165, 1.54) is 4.90 Å². The number of nitrogens with zero attached hydrogens (tertiary/aromatic N) is 3. The summed E-state index contributed by atoms with van der Waals surface area (Å²) in [7, 11) is 0. The van der Waals surface area contributed by atoms with Crippen molar-refractivity contribution in [3.8, 4) is 0 Å². The van der Waals surface area contributed by atoms with Crippen molar-refractivity contribution in [3.05, 3.63) is 110 Å². The van der Waals surface area contributed by atoms with E-state index in [1.54, 1.807) is 42.5 Å².